The Kier molecular flexibility index (Phi) is 5.63. The van der Waals surface area contributed by atoms with Gasteiger partial charge in [0, 0.05) is 18.8 Å². The lowest BCUT2D eigenvalue weighted by Gasteiger charge is -2.02. The maximum Gasteiger partial charge on any atom is 0.258 e. The van der Waals surface area contributed by atoms with E-state index < -0.39 is 10.7 Å². The molecule has 0 bridgehead atoms. The lowest BCUT2D eigenvalue weighted by molar-refractivity contribution is -0.114. The molecule has 6 heteroatoms. The SMILES string of the molecule is CCCCCn1ccc(NC(=O)C(Cl)Cl)n1. The molecule has 0 saturated heterocycles. The van der Waals surface area contributed by atoms with Gasteiger partial charge >= 0.3 is 0 Å². The number of carbonyl (C=O) groups excluding carboxylic acids is 1. The molecule has 0 atom stereocenters. The predicted molar refractivity (Wildman–Crippen MR) is 65.9 cm³/mol. The molecule has 0 radical (unpaired) electrons. The van der Waals surface area contributed by atoms with Crippen LogP contribution in [0.25, 0.3) is 0 Å². The number of hydrogen-bond acceptors (Lipinski definition) is 2. The number of rotatable bonds is 6. The minimum absolute atomic E-state index is 0.456. The largest absolute Gasteiger partial charge is 0.307 e. The van der Waals surface area contributed by atoms with Crippen molar-refractivity contribution in [2.45, 2.75) is 37.6 Å². The molecule has 1 N–H and O–H groups in total. The summed E-state index contributed by atoms with van der Waals surface area (Å²) < 4.78 is 1.79. The number of amides is 1. The molecular formula is C10H15Cl2N3O. The van der Waals surface area contributed by atoms with E-state index in [4.69, 9.17) is 23.2 Å². The second-order valence-corrected chi connectivity index (χ2v) is 4.56. The van der Waals surface area contributed by atoms with E-state index >= 15 is 0 Å². The molecule has 1 aromatic heterocycles. The van der Waals surface area contributed by atoms with Crippen LogP contribution in [0.1, 0.15) is 26.2 Å². The first-order chi connectivity index (χ1) is 7.63. The molecular weight excluding hydrogens is 249 g/mol. The number of anilines is 1. The Balaban J connectivity index is 2.42. The Morgan fingerprint density at radius 3 is 2.94 bits per heavy atom. The Hall–Kier alpha value is -0.740. The maximum atomic E-state index is 11.2. The van der Waals surface area contributed by atoms with E-state index in [2.05, 4.69) is 17.3 Å². The highest BCUT2D eigenvalue weighted by atomic mass is 35.5. The molecule has 0 aliphatic heterocycles. The smallest absolute Gasteiger partial charge is 0.258 e. The van der Waals surface area contributed by atoms with Crippen molar-refractivity contribution in [3.63, 3.8) is 0 Å². The van der Waals surface area contributed by atoms with E-state index in [1.807, 2.05) is 6.20 Å². The molecule has 90 valence electrons. The van der Waals surface area contributed by atoms with Crippen molar-refractivity contribution < 1.29 is 4.79 Å². The molecule has 4 nitrogen and oxygen atoms in total. The van der Waals surface area contributed by atoms with Gasteiger partial charge in [-0.3, -0.25) is 9.48 Å². The first kappa shape index (κ1) is 13.3. The molecule has 16 heavy (non-hydrogen) atoms. The van der Waals surface area contributed by atoms with Crippen molar-refractivity contribution in [1.82, 2.24) is 9.78 Å². The van der Waals surface area contributed by atoms with Gasteiger partial charge in [0.05, 0.1) is 0 Å². The van der Waals surface area contributed by atoms with E-state index in [1.54, 1.807) is 10.7 Å². The number of hydrogen-bond donors (Lipinski definition) is 1. The van der Waals surface area contributed by atoms with Crippen LogP contribution < -0.4 is 5.32 Å². The minimum Gasteiger partial charge on any atom is -0.307 e. The van der Waals surface area contributed by atoms with Gasteiger partial charge < -0.3 is 5.32 Å². The topological polar surface area (TPSA) is 46.9 Å². The number of nitrogens with one attached hydrogen (secondary N) is 1. The van der Waals surface area contributed by atoms with Crippen LogP contribution in [0.15, 0.2) is 12.3 Å². The van der Waals surface area contributed by atoms with Crippen LogP contribution in [-0.4, -0.2) is 20.5 Å². The molecule has 1 aromatic rings. The molecule has 0 spiro atoms. The highest BCUT2D eigenvalue weighted by Crippen LogP contribution is 2.08. The summed E-state index contributed by atoms with van der Waals surface area (Å²) in [7, 11) is 0. The Bertz CT molecular complexity index is 339. The second kappa shape index (κ2) is 6.76. The second-order valence-electron chi connectivity index (χ2n) is 3.46. The Labute approximate surface area is 105 Å². The number of nitrogens with zero attached hydrogens (tertiary/aromatic N) is 2. The summed E-state index contributed by atoms with van der Waals surface area (Å²) in [6, 6.07) is 1.72. The summed E-state index contributed by atoms with van der Waals surface area (Å²) in [4.78, 5) is 10.1. The molecule has 0 aromatic carbocycles. The van der Waals surface area contributed by atoms with Gasteiger partial charge in [-0.2, -0.15) is 5.10 Å². The van der Waals surface area contributed by atoms with Crippen molar-refractivity contribution in [3.05, 3.63) is 12.3 Å². The Morgan fingerprint density at radius 1 is 1.56 bits per heavy atom. The lowest BCUT2D eigenvalue weighted by atomic mass is 10.2. The van der Waals surface area contributed by atoms with Crippen LogP contribution >= 0.6 is 23.2 Å². The number of halogens is 2. The number of alkyl halides is 2. The highest BCUT2D eigenvalue weighted by molar-refractivity contribution is 6.54. The molecule has 0 saturated carbocycles. The molecule has 0 aliphatic rings. The van der Waals surface area contributed by atoms with Gasteiger partial charge in [0.25, 0.3) is 5.91 Å². The van der Waals surface area contributed by atoms with Crippen LogP contribution in [0.5, 0.6) is 0 Å². The van der Waals surface area contributed by atoms with Gasteiger partial charge in [-0.1, -0.05) is 43.0 Å². The summed E-state index contributed by atoms with van der Waals surface area (Å²) in [6.45, 7) is 3.00. The average Bonchev–Trinajstić information content (AvgIpc) is 2.66. The summed E-state index contributed by atoms with van der Waals surface area (Å²) in [5.41, 5.74) is 0. The summed E-state index contributed by atoms with van der Waals surface area (Å²) in [5, 5.41) is 6.69. The predicted octanol–water partition coefficient (Wildman–Crippen LogP) is 2.82. The molecule has 1 heterocycles. The van der Waals surface area contributed by atoms with Crippen LogP contribution in [-0.2, 0) is 11.3 Å². The fraction of sp³-hybridized carbons (Fsp3) is 0.600. The van der Waals surface area contributed by atoms with E-state index in [0.717, 1.165) is 13.0 Å². The molecule has 1 amide bonds. The summed E-state index contributed by atoms with van der Waals surface area (Å²) >= 11 is 10.8. The quantitative estimate of drug-likeness (QED) is 0.634. The number of unbranched alkanes of at least 4 members (excludes halogenated alkanes) is 2. The standard InChI is InChI=1S/C10H15Cl2N3O/c1-2-3-4-6-15-7-5-8(14-15)13-10(16)9(11)12/h5,7,9H,2-4,6H2,1H3,(H,13,14,16). The third-order valence-corrected chi connectivity index (χ3v) is 2.48. The lowest BCUT2D eigenvalue weighted by Crippen LogP contribution is -2.19. The minimum atomic E-state index is -1.06. The van der Waals surface area contributed by atoms with E-state index in [9.17, 15) is 4.79 Å². The average molecular weight is 264 g/mol. The van der Waals surface area contributed by atoms with E-state index in [0.29, 0.717) is 5.82 Å². The zero-order valence-electron chi connectivity index (χ0n) is 9.12. The van der Waals surface area contributed by atoms with Gasteiger partial charge in [0.1, 0.15) is 0 Å². The normalized spacial score (nSPS) is 10.8. The summed E-state index contributed by atoms with van der Waals surface area (Å²) in [6.07, 6.45) is 5.25. The van der Waals surface area contributed by atoms with Crippen LogP contribution in [0, 0.1) is 0 Å². The van der Waals surface area contributed by atoms with Crippen LogP contribution in [0.3, 0.4) is 0 Å². The Morgan fingerprint density at radius 2 is 2.31 bits per heavy atom. The number of carbonyl (C=O) groups is 1. The van der Waals surface area contributed by atoms with Gasteiger partial charge in [0.15, 0.2) is 10.7 Å². The third-order valence-electron chi connectivity index (χ3n) is 2.08. The van der Waals surface area contributed by atoms with Crippen LogP contribution in [0.2, 0.25) is 0 Å². The van der Waals surface area contributed by atoms with Crippen molar-refractivity contribution in [2.24, 2.45) is 0 Å². The molecule has 0 unspecified atom stereocenters. The number of aromatic nitrogens is 2. The zero-order valence-corrected chi connectivity index (χ0v) is 10.6. The van der Waals surface area contributed by atoms with Gasteiger partial charge in [-0.25, -0.2) is 0 Å². The van der Waals surface area contributed by atoms with Crippen LogP contribution in [0.4, 0.5) is 5.82 Å². The monoisotopic (exact) mass is 263 g/mol. The summed E-state index contributed by atoms with van der Waals surface area (Å²) in [5.74, 6) is 0.0231. The van der Waals surface area contributed by atoms with Crippen molar-refractivity contribution >= 4 is 34.9 Å². The fourth-order valence-electron chi connectivity index (χ4n) is 1.26. The van der Waals surface area contributed by atoms with Gasteiger partial charge in [-0.15, -0.1) is 0 Å². The maximum absolute atomic E-state index is 11.2. The fourth-order valence-corrected chi connectivity index (χ4v) is 1.37. The molecule has 0 fully saturated rings. The third kappa shape index (κ3) is 4.41. The van der Waals surface area contributed by atoms with Crippen molar-refractivity contribution in [3.8, 4) is 0 Å². The van der Waals surface area contributed by atoms with E-state index in [1.165, 1.54) is 12.8 Å². The highest BCUT2D eigenvalue weighted by Gasteiger charge is 2.12. The zero-order chi connectivity index (χ0) is 12.0. The van der Waals surface area contributed by atoms with E-state index in [-0.39, 0.29) is 0 Å². The molecule has 1 rings (SSSR count). The number of aryl methyl sites for hydroxylation is 1. The molecule has 0 aliphatic carbocycles. The van der Waals surface area contributed by atoms with Crippen molar-refractivity contribution in [1.29, 1.82) is 0 Å². The van der Waals surface area contributed by atoms with Gasteiger partial charge in [0.2, 0.25) is 0 Å². The van der Waals surface area contributed by atoms with Gasteiger partial charge in [-0.05, 0) is 6.42 Å². The first-order valence-corrected chi connectivity index (χ1v) is 6.13. The first-order valence-electron chi connectivity index (χ1n) is 5.26. The van der Waals surface area contributed by atoms with Crippen molar-refractivity contribution in [2.75, 3.05) is 5.32 Å².